The molecule has 0 aliphatic rings. The summed E-state index contributed by atoms with van der Waals surface area (Å²) < 4.78 is 10.0. The molecule has 1 heterocycles. The van der Waals surface area contributed by atoms with Crippen LogP contribution in [0.4, 0.5) is 5.69 Å². The van der Waals surface area contributed by atoms with E-state index in [4.69, 9.17) is 20.9 Å². The minimum atomic E-state index is -0.327. The van der Waals surface area contributed by atoms with Crippen LogP contribution in [0.15, 0.2) is 59.3 Å². The van der Waals surface area contributed by atoms with Crippen molar-refractivity contribution in [3.8, 4) is 17.0 Å². The van der Waals surface area contributed by atoms with Gasteiger partial charge in [0.15, 0.2) is 0 Å². The minimum Gasteiger partial charge on any atom is -0.495 e. The van der Waals surface area contributed by atoms with Crippen molar-refractivity contribution in [2.24, 2.45) is 0 Å². The highest BCUT2D eigenvalue weighted by molar-refractivity contribution is 6.32. The molecule has 0 saturated heterocycles. The van der Waals surface area contributed by atoms with Gasteiger partial charge in [0, 0.05) is 11.3 Å². The Hall–Kier alpha value is -2.79. The molecule has 0 unspecified atom stereocenters. The highest BCUT2D eigenvalue weighted by Crippen LogP contribution is 2.28. The van der Waals surface area contributed by atoms with E-state index in [1.54, 1.807) is 18.2 Å². The van der Waals surface area contributed by atoms with E-state index in [1.807, 2.05) is 30.3 Å². The summed E-state index contributed by atoms with van der Waals surface area (Å²) in [6, 6.07) is 14.4. The number of amides is 1. The number of ether oxygens (including phenoxy) is 1. The second-order valence-electron chi connectivity index (χ2n) is 4.75. The number of carbonyl (C=O) groups excluding carboxylic acids is 1. The van der Waals surface area contributed by atoms with Gasteiger partial charge >= 0.3 is 0 Å². The molecule has 6 heteroatoms. The summed E-state index contributed by atoms with van der Waals surface area (Å²) in [5, 5.41) is 7.10. The zero-order valence-corrected chi connectivity index (χ0v) is 13.0. The van der Waals surface area contributed by atoms with Crippen LogP contribution in [0.2, 0.25) is 5.02 Å². The molecule has 0 aliphatic carbocycles. The summed E-state index contributed by atoms with van der Waals surface area (Å²) in [6.07, 6.45) is 1.32. The zero-order valence-electron chi connectivity index (χ0n) is 12.2. The number of hydrogen-bond donors (Lipinski definition) is 1. The Morgan fingerprint density at radius 2 is 2.00 bits per heavy atom. The molecule has 3 aromatic rings. The molecular weight excluding hydrogens is 316 g/mol. The first-order valence-electron chi connectivity index (χ1n) is 6.83. The summed E-state index contributed by atoms with van der Waals surface area (Å²) in [5.41, 5.74) is 2.20. The molecule has 0 radical (unpaired) electrons. The van der Waals surface area contributed by atoms with Crippen LogP contribution in [-0.4, -0.2) is 18.2 Å². The number of aromatic nitrogens is 1. The molecule has 0 spiro atoms. The number of halogens is 1. The molecule has 1 N–H and O–H groups in total. The number of nitrogens with one attached hydrogen (secondary N) is 1. The molecule has 0 aliphatic heterocycles. The smallest absolute Gasteiger partial charge is 0.261 e. The third kappa shape index (κ3) is 3.19. The van der Waals surface area contributed by atoms with E-state index in [0.29, 0.717) is 27.7 Å². The second kappa shape index (κ2) is 6.54. The van der Waals surface area contributed by atoms with Crippen LogP contribution in [-0.2, 0) is 0 Å². The first kappa shape index (κ1) is 15.1. The fourth-order valence-corrected chi connectivity index (χ4v) is 2.40. The third-order valence-electron chi connectivity index (χ3n) is 3.27. The Bertz CT molecular complexity index is 831. The number of benzene rings is 2. The maximum atomic E-state index is 12.4. The zero-order chi connectivity index (χ0) is 16.2. The van der Waals surface area contributed by atoms with Crippen LogP contribution in [0.1, 0.15) is 10.4 Å². The van der Waals surface area contributed by atoms with Crippen LogP contribution in [0.3, 0.4) is 0 Å². The van der Waals surface area contributed by atoms with Crippen molar-refractivity contribution < 1.29 is 14.1 Å². The van der Waals surface area contributed by atoms with Crippen molar-refractivity contribution in [3.05, 3.63) is 65.4 Å². The second-order valence-corrected chi connectivity index (χ2v) is 5.15. The van der Waals surface area contributed by atoms with E-state index in [2.05, 4.69) is 10.5 Å². The fraction of sp³-hybridized carbons (Fsp3) is 0.0588. The van der Waals surface area contributed by atoms with Crippen molar-refractivity contribution >= 4 is 23.2 Å². The lowest BCUT2D eigenvalue weighted by Gasteiger charge is -2.07. The van der Waals surface area contributed by atoms with Crippen molar-refractivity contribution in [2.75, 3.05) is 12.4 Å². The lowest BCUT2D eigenvalue weighted by Crippen LogP contribution is -2.12. The molecule has 116 valence electrons. The maximum Gasteiger partial charge on any atom is 0.261 e. The number of carbonyl (C=O) groups is 1. The maximum absolute atomic E-state index is 12.4. The lowest BCUT2D eigenvalue weighted by atomic mass is 10.1. The van der Waals surface area contributed by atoms with Gasteiger partial charge in [-0.15, -0.1) is 0 Å². The summed E-state index contributed by atoms with van der Waals surface area (Å²) in [4.78, 5) is 12.4. The first-order chi connectivity index (χ1) is 11.2. The van der Waals surface area contributed by atoms with Gasteiger partial charge in [0.05, 0.1) is 12.1 Å². The van der Waals surface area contributed by atoms with Gasteiger partial charge in [-0.1, -0.05) is 47.1 Å². The van der Waals surface area contributed by atoms with E-state index >= 15 is 0 Å². The Morgan fingerprint density at radius 3 is 2.70 bits per heavy atom. The molecule has 5 nitrogen and oxygen atoms in total. The average Bonchev–Trinajstić information content (AvgIpc) is 3.05. The van der Waals surface area contributed by atoms with Crippen LogP contribution in [0.25, 0.3) is 11.3 Å². The van der Waals surface area contributed by atoms with E-state index in [-0.39, 0.29) is 5.91 Å². The van der Waals surface area contributed by atoms with Crippen molar-refractivity contribution in [1.82, 2.24) is 5.16 Å². The Morgan fingerprint density at radius 1 is 1.22 bits per heavy atom. The minimum absolute atomic E-state index is 0.327. The lowest BCUT2D eigenvalue weighted by molar-refractivity contribution is 0.102. The van der Waals surface area contributed by atoms with E-state index in [9.17, 15) is 4.79 Å². The molecule has 0 saturated carbocycles. The first-order valence-corrected chi connectivity index (χ1v) is 7.21. The number of rotatable bonds is 4. The molecule has 0 bridgehead atoms. The van der Waals surface area contributed by atoms with E-state index in [1.165, 1.54) is 13.4 Å². The van der Waals surface area contributed by atoms with Gasteiger partial charge in [0.25, 0.3) is 5.91 Å². The van der Waals surface area contributed by atoms with Crippen LogP contribution in [0, 0.1) is 0 Å². The fourth-order valence-electron chi connectivity index (χ4n) is 2.14. The molecular formula is C17H13ClN2O3. The molecule has 0 fully saturated rings. The number of nitrogens with zero attached hydrogens (tertiary/aromatic N) is 1. The molecule has 0 atom stereocenters. The topological polar surface area (TPSA) is 64.4 Å². The average molecular weight is 329 g/mol. The highest BCUT2D eigenvalue weighted by Gasteiger charge is 2.17. The van der Waals surface area contributed by atoms with Gasteiger partial charge in [-0.25, -0.2) is 0 Å². The van der Waals surface area contributed by atoms with Crippen molar-refractivity contribution in [2.45, 2.75) is 0 Å². The van der Waals surface area contributed by atoms with E-state index < -0.39 is 0 Å². The highest BCUT2D eigenvalue weighted by atomic mass is 35.5. The largest absolute Gasteiger partial charge is 0.495 e. The summed E-state index contributed by atoms with van der Waals surface area (Å²) in [6.45, 7) is 0. The predicted octanol–water partition coefficient (Wildman–Crippen LogP) is 4.26. The number of anilines is 1. The number of methoxy groups -OCH3 is 1. The van der Waals surface area contributed by atoms with Crippen LogP contribution < -0.4 is 10.1 Å². The van der Waals surface area contributed by atoms with Gasteiger partial charge in [-0.05, 0) is 18.2 Å². The molecule has 2 aromatic carbocycles. The third-order valence-corrected chi connectivity index (χ3v) is 3.57. The normalized spacial score (nSPS) is 10.3. The molecule has 1 amide bonds. The molecule has 1 aromatic heterocycles. The summed E-state index contributed by atoms with van der Waals surface area (Å²) >= 11 is 6.06. The predicted molar refractivity (Wildman–Crippen MR) is 87.9 cm³/mol. The van der Waals surface area contributed by atoms with Crippen LogP contribution >= 0.6 is 11.6 Å². The summed E-state index contributed by atoms with van der Waals surface area (Å²) in [5.74, 6) is 0.214. The Balaban J connectivity index is 1.85. The van der Waals surface area contributed by atoms with Gasteiger partial charge in [-0.3, -0.25) is 4.79 Å². The van der Waals surface area contributed by atoms with Gasteiger partial charge < -0.3 is 14.6 Å². The van der Waals surface area contributed by atoms with Gasteiger partial charge in [-0.2, -0.15) is 0 Å². The SMILES string of the molecule is COc1ccc(NC(=O)c2conc2-c2ccccc2)cc1Cl. The van der Waals surface area contributed by atoms with Crippen molar-refractivity contribution in [1.29, 1.82) is 0 Å². The monoisotopic (exact) mass is 328 g/mol. The van der Waals surface area contributed by atoms with Gasteiger partial charge in [0.2, 0.25) is 0 Å². The standard InChI is InChI=1S/C17H13ClN2O3/c1-22-15-8-7-12(9-14(15)18)19-17(21)13-10-23-20-16(13)11-5-3-2-4-6-11/h2-10H,1H3,(H,19,21). The van der Waals surface area contributed by atoms with Crippen LogP contribution in [0.5, 0.6) is 5.75 Å². The number of hydrogen-bond acceptors (Lipinski definition) is 4. The summed E-state index contributed by atoms with van der Waals surface area (Å²) in [7, 11) is 1.53. The molecule has 3 rings (SSSR count). The Labute approximate surface area is 137 Å². The molecule has 23 heavy (non-hydrogen) atoms. The quantitative estimate of drug-likeness (QED) is 0.777. The van der Waals surface area contributed by atoms with Crippen molar-refractivity contribution in [3.63, 3.8) is 0 Å². The Kier molecular flexibility index (Phi) is 4.30. The van der Waals surface area contributed by atoms with Gasteiger partial charge in [0.1, 0.15) is 23.3 Å². The van der Waals surface area contributed by atoms with E-state index in [0.717, 1.165) is 5.56 Å².